The first kappa shape index (κ1) is 22.4. The zero-order valence-electron chi connectivity index (χ0n) is 19.3. The molecule has 2 heterocycles. The van der Waals surface area contributed by atoms with E-state index in [1.165, 1.54) is 0 Å². The number of nitrogens with zero attached hydrogens (tertiary/aromatic N) is 4. The third kappa shape index (κ3) is 5.10. The highest BCUT2D eigenvalue weighted by molar-refractivity contribution is 5.98. The fourth-order valence-electron chi connectivity index (χ4n) is 4.02. The van der Waals surface area contributed by atoms with Gasteiger partial charge >= 0.3 is 0 Å². The molecule has 0 aliphatic rings. The van der Waals surface area contributed by atoms with E-state index in [0.717, 1.165) is 46.6 Å². The number of aryl methyl sites for hydroxylation is 1. The van der Waals surface area contributed by atoms with Crippen molar-refractivity contribution in [3.8, 4) is 22.5 Å². The van der Waals surface area contributed by atoms with E-state index in [4.69, 9.17) is 15.7 Å². The zero-order valence-corrected chi connectivity index (χ0v) is 19.3. The summed E-state index contributed by atoms with van der Waals surface area (Å²) in [6.07, 6.45) is 6.25. The number of carbonyl (C=O) groups is 1. The fourth-order valence-corrected chi connectivity index (χ4v) is 4.02. The molecule has 0 aliphatic heterocycles. The molecular weight excluding hydrogens is 436 g/mol. The van der Waals surface area contributed by atoms with Gasteiger partial charge in [-0.25, -0.2) is 15.0 Å². The van der Waals surface area contributed by atoms with Crippen molar-refractivity contribution in [2.75, 3.05) is 6.54 Å². The van der Waals surface area contributed by atoms with Gasteiger partial charge in [-0.1, -0.05) is 48.5 Å². The largest absolute Gasteiger partial charge is 0.352 e. The molecule has 0 radical (unpaired) electrons. The summed E-state index contributed by atoms with van der Waals surface area (Å²) >= 11 is 0. The van der Waals surface area contributed by atoms with E-state index in [9.17, 15) is 4.79 Å². The Bertz CT molecular complexity index is 1450. The molecule has 174 valence electrons. The number of hydrogen-bond acceptors (Lipinski definition) is 5. The second-order valence-corrected chi connectivity index (χ2v) is 8.30. The van der Waals surface area contributed by atoms with E-state index in [1.807, 2.05) is 71.4 Å². The molecule has 7 heteroatoms. The quantitative estimate of drug-likeness (QED) is 0.332. The minimum absolute atomic E-state index is 0.127. The maximum atomic E-state index is 12.8. The number of nitrogens with two attached hydrogens (primary N) is 1. The van der Waals surface area contributed by atoms with Crippen molar-refractivity contribution in [3.63, 3.8) is 0 Å². The summed E-state index contributed by atoms with van der Waals surface area (Å²) < 4.78 is 1.99. The topological polar surface area (TPSA) is 98.7 Å². The van der Waals surface area contributed by atoms with Crippen molar-refractivity contribution < 1.29 is 4.79 Å². The molecule has 35 heavy (non-hydrogen) atoms. The molecule has 1 amide bonds. The van der Waals surface area contributed by atoms with Crippen molar-refractivity contribution in [1.82, 2.24) is 24.8 Å². The van der Waals surface area contributed by atoms with Crippen LogP contribution < -0.4 is 11.1 Å². The van der Waals surface area contributed by atoms with Crippen LogP contribution in [0.25, 0.3) is 33.5 Å². The second kappa shape index (κ2) is 10.3. The van der Waals surface area contributed by atoms with Gasteiger partial charge in [-0.15, -0.1) is 0 Å². The third-order valence-electron chi connectivity index (χ3n) is 5.85. The molecule has 5 aromatic rings. The van der Waals surface area contributed by atoms with Gasteiger partial charge in [0.2, 0.25) is 0 Å². The number of amides is 1. The minimum Gasteiger partial charge on any atom is -0.352 e. The van der Waals surface area contributed by atoms with E-state index in [-0.39, 0.29) is 5.91 Å². The molecule has 0 fully saturated rings. The van der Waals surface area contributed by atoms with Crippen LogP contribution in [-0.2, 0) is 13.1 Å². The molecule has 0 atom stereocenters. The van der Waals surface area contributed by atoms with Gasteiger partial charge in [0.15, 0.2) is 0 Å². The summed E-state index contributed by atoms with van der Waals surface area (Å²) in [5.41, 5.74) is 12.3. The van der Waals surface area contributed by atoms with E-state index in [2.05, 4.69) is 10.3 Å². The van der Waals surface area contributed by atoms with Gasteiger partial charge < -0.3 is 15.6 Å². The van der Waals surface area contributed by atoms with Crippen LogP contribution in [0.1, 0.15) is 22.3 Å². The number of benzene rings is 3. The van der Waals surface area contributed by atoms with Crippen LogP contribution in [0.2, 0.25) is 0 Å². The number of aromatic nitrogens is 4. The maximum absolute atomic E-state index is 12.8. The first-order chi connectivity index (χ1) is 17.2. The zero-order chi connectivity index (χ0) is 24.0. The first-order valence-electron chi connectivity index (χ1n) is 11.6. The van der Waals surface area contributed by atoms with Crippen LogP contribution in [0.3, 0.4) is 0 Å². The number of imidazole rings is 1. The number of hydrogen-bond donors (Lipinski definition) is 2. The molecule has 0 saturated heterocycles. The molecule has 3 N–H and O–H groups in total. The highest BCUT2D eigenvalue weighted by atomic mass is 16.1. The smallest absolute Gasteiger partial charge is 0.251 e. The Labute approximate surface area is 203 Å². The molecule has 0 saturated carbocycles. The second-order valence-electron chi connectivity index (χ2n) is 8.30. The standard InChI is InChI=1S/C28H26N6O/c29-18-20-6-4-9-22(16-20)27-26(21-7-2-1-3-8-21)32-24-11-10-23(17-25(24)33-27)28(35)31-12-5-14-34-15-13-30-19-34/h1-4,6-11,13,15-17,19H,5,12,14,18,29H2,(H,31,35). The number of fused-ring (bicyclic) bond motifs is 1. The van der Waals surface area contributed by atoms with Crippen LogP contribution in [0, 0.1) is 0 Å². The Morgan fingerprint density at radius 1 is 0.886 bits per heavy atom. The SMILES string of the molecule is NCc1cccc(-c2nc3cc(C(=O)NCCCn4ccnc4)ccc3nc2-c2ccccc2)c1. The van der Waals surface area contributed by atoms with Gasteiger partial charge in [-0.3, -0.25) is 4.79 Å². The van der Waals surface area contributed by atoms with E-state index < -0.39 is 0 Å². The predicted octanol–water partition coefficient (Wildman–Crippen LogP) is 4.44. The van der Waals surface area contributed by atoms with Gasteiger partial charge in [0, 0.05) is 48.7 Å². The molecule has 0 unspecified atom stereocenters. The van der Waals surface area contributed by atoms with Crippen molar-refractivity contribution in [3.05, 3.63) is 103 Å². The molecular formula is C28H26N6O. The Kier molecular flexibility index (Phi) is 6.59. The Hall–Kier alpha value is -4.36. The Morgan fingerprint density at radius 3 is 2.49 bits per heavy atom. The lowest BCUT2D eigenvalue weighted by Gasteiger charge is -2.12. The van der Waals surface area contributed by atoms with Crippen molar-refractivity contribution in [2.45, 2.75) is 19.5 Å². The van der Waals surface area contributed by atoms with Crippen LogP contribution in [0.4, 0.5) is 0 Å². The van der Waals surface area contributed by atoms with Crippen molar-refractivity contribution in [2.24, 2.45) is 5.73 Å². The molecule has 0 spiro atoms. The average molecular weight is 463 g/mol. The summed E-state index contributed by atoms with van der Waals surface area (Å²) in [5, 5.41) is 2.99. The maximum Gasteiger partial charge on any atom is 0.251 e. The van der Waals surface area contributed by atoms with Crippen LogP contribution in [0.5, 0.6) is 0 Å². The fraction of sp³-hybridized carbons (Fsp3) is 0.143. The Morgan fingerprint density at radius 2 is 1.69 bits per heavy atom. The molecule has 5 rings (SSSR count). The summed E-state index contributed by atoms with van der Waals surface area (Å²) in [7, 11) is 0. The van der Waals surface area contributed by atoms with Crippen LogP contribution >= 0.6 is 0 Å². The highest BCUT2D eigenvalue weighted by Crippen LogP contribution is 2.31. The highest BCUT2D eigenvalue weighted by Gasteiger charge is 2.15. The number of nitrogens with one attached hydrogen (secondary N) is 1. The first-order valence-corrected chi connectivity index (χ1v) is 11.6. The minimum atomic E-state index is -0.127. The van der Waals surface area contributed by atoms with E-state index in [0.29, 0.717) is 24.2 Å². The summed E-state index contributed by atoms with van der Waals surface area (Å²) in [6, 6.07) is 23.5. The van der Waals surface area contributed by atoms with Gasteiger partial charge in [0.1, 0.15) is 0 Å². The number of carbonyl (C=O) groups excluding carboxylic acids is 1. The molecule has 2 aromatic heterocycles. The molecule has 3 aromatic carbocycles. The van der Waals surface area contributed by atoms with Gasteiger partial charge in [0.05, 0.1) is 28.7 Å². The predicted molar refractivity (Wildman–Crippen MR) is 137 cm³/mol. The lowest BCUT2D eigenvalue weighted by Crippen LogP contribution is -2.25. The normalized spacial score (nSPS) is 11.0. The van der Waals surface area contributed by atoms with Gasteiger partial charge in [-0.05, 0) is 36.2 Å². The van der Waals surface area contributed by atoms with E-state index in [1.54, 1.807) is 24.7 Å². The van der Waals surface area contributed by atoms with Crippen LogP contribution in [-0.4, -0.2) is 32.0 Å². The molecule has 0 aliphatic carbocycles. The average Bonchev–Trinajstić information content (AvgIpc) is 3.44. The number of rotatable bonds is 8. The summed E-state index contributed by atoms with van der Waals surface area (Å²) in [6.45, 7) is 1.82. The summed E-state index contributed by atoms with van der Waals surface area (Å²) in [4.78, 5) is 26.7. The third-order valence-corrected chi connectivity index (χ3v) is 5.85. The lowest BCUT2D eigenvalue weighted by atomic mass is 10.0. The van der Waals surface area contributed by atoms with Gasteiger partial charge in [-0.2, -0.15) is 0 Å². The van der Waals surface area contributed by atoms with Crippen molar-refractivity contribution >= 4 is 16.9 Å². The lowest BCUT2D eigenvalue weighted by molar-refractivity contribution is 0.0953. The van der Waals surface area contributed by atoms with Crippen LogP contribution in [0.15, 0.2) is 91.5 Å². The van der Waals surface area contributed by atoms with Crippen molar-refractivity contribution in [1.29, 1.82) is 0 Å². The monoisotopic (exact) mass is 462 g/mol. The van der Waals surface area contributed by atoms with Gasteiger partial charge in [0.25, 0.3) is 5.91 Å². The Balaban J connectivity index is 1.46. The molecule has 0 bridgehead atoms. The van der Waals surface area contributed by atoms with E-state index >= 15 is 0 Å². The molecule has 7 nitrogen and oxygen atoms in total. The summed E-state index contributed by atoms with van der Waals surface area (Å²) in [5.74, 6) is -0.127.